The molecule has 0 aliphatic rings. The van der Waals surface area contributed by atoms with Crippen molar-refractivity contribution in [1.82, 2.24) is 19.3 Å². The maximum absolute atomic E-state index is 12.9. The molecule has 3 aromatic heterocycles. The van der Waals surface area contributed by atoms with E-state index in [0.717, 1.165) is 11.1 Å². The molecule has 0 atom stereocenters. The van der Waals surface area contributed by atoms with E-state index in [1.165, 1.54) is 4.57 Å². The molecule has 0 saturated carbocycles. The predicted molar refractivity (Wildman–Crippen MR) is 108 cm³/mol. The van der Waals surface area contributed by atoms with Gasteiger partial charge in [-0.15, -0.1) is 0 Å². The zero-order chi connectivity index (χ0) is 20.4. The van der Waals surface area contributed by atoms with Gasteiger partial charge in [-0.2, -0.15) is 0 Å². The van der Waals surface area contributed by atoms with Crippen molar-refractivity contribution >= 4 is 22.6 Å². The lowest BCUT2D eigenvalue weighted by molar-refractivity contribution is -0.121. The highest BCUT2D eigenvalue weighted by Gasteiger charge is 2.15. The maximum atomic E-state index is 12.9. The average molecular weight is 392 g/mol. The number of hydrogen-bond acceptors (Lipinski definition) is 5. The minimum absolute atomic E-state index is 0.139. The first kappa shape index (κ1) is 18.5. The Balaban J connectivity index is 1.62. The van der Waals surface area contributed by atoms with E-state index in [0.29, 0.717) is 22.7 Å². The van der Waals surface area contributed by atoms with Crippen LogP contribution in [-0.2, 0) is 17.9 Å². The molecular weight excluding hydrogens is 372 g/mol. The highest BCUT2D eigenvalue weighted by atomic mass is 16.5. The molecular formula is C21H20N4O4. The number of nitrogens with zero attached hydrogens (tertiary/aromatic N) is 3. The van der Waals surface area contributed by atoms with Gasteiger partial charge < -0.3 is 19.2 Å². The van der Waals surface area contributed by atoms with Gasteiger partial charge in [-0.25, -0.2) is 4.98 Å². The van der Waals surface area contributed by atoms with Crippen molar-refractivity contribution in [3.63, 3.8) is 0 Å². The van der Waals surface area contributed by atoms with Crippen molar-refractivity contribution in [2.45, 2.75) is 13.1 Å². The molecule has 1 amide bonds. The summed E-state index contributed by atoms with van der Waals surface area (Å²) >= 11 is 0. The molecule has 8 nitrogen and oxygen atoms in total. The van der Waals surface area contributed by atoms with Crippen LogP contribution >= 0.6 is 0 Å². The molecule has 0 radical (unpaired) electrons. The Labute approximate surface area is 166 Å². The largest absolute Gasteiger partial charge is 0.493 e. The van der Waals surface area contributed by atoms with Gasteiger partial charge in [-0.3, -0.25) is 14.2 Å². The van der Waals surface area contributed by atoms with Crippen LogP contribution in [0.2, 0.25) is 0 Å². The first-order chi connectivity index (χ1) is 14.1. The van der Waals surface area contributed by atoms with Gasteiger partial charge in [-0.1, -0.05) is 12.1 Å². The molecule has 0 aliphatic heterocycles. The van der Waals surface area contributed by atoms with E-state index in [9.17, 15) is 9.59 Å². The molecule has 4 rings (SSSR count). The minimum atomic E-state index is -0.306. The first-order valence-corrected chi connectivity index (χ1v) is 9.05. The van der Waals surface area contributed by atoms with Crippen LogP contribution in [0.4, 0.5) is 0 Å². The smallest absolute Gasteiger partial charge is 0.276 e. The summed E-state index contributed by atoms with van der Waals surface area (Å²) in [4.78, 5) is 29.8. The molecule has 29 heavy (non-hydrogen) atoms. The molecule has 0 fully saturated rings. The molecule has 3 heterocycles. The lowest BCUT2D eigenvalue weighted by Crippen LogP contribution is -2.33. The molecule has 0 bridgehead atoms. The van der Waals surface area contributed by atoms with Crippen LogP contribution in [0.5, 0.6) is 11.5 Å². The third-order valence-corrected chi connectivity index (χ3v) is 4.76. The quantitative estimate of drug-likeness (QED) is 0.542. The zero-order valence-electron chi connectivity index (χ0n) is 16.1. The molecule has 0 unspecified atom stereocenters. The van der Waals surface area contributed by atoms with Crippen molar-refractivity contribution in [2.24, 2.45) is 0 Å². The van der Waals surface area contributed by atoms with Gasteiger partial charge in [0.2, 0.25) is 5.91 Å². The van der Waals surface area contributed by atoms with Gasteiger partial charge in [0.1, 0.15) is 12.1 Å². The van der Waals surface area contributed by atoms with Crippen molar-refractivity contribution in [3.05, 3.63) is 70.8 Å². The Morgan fingerprint density at radius 2 is 1.90 bits per heavy atom. The number of nitrogens with one attached hydrogen (secondary N) is 1. The number of benzene rings is 1. The third-order valence-electron chi connectivity index (χ3n) is 4.76. The van der Waals surface area contributed by atoms with Gasteiger partial charge in [-0.05, 0) is 30.3 Å². The molecule has 4 aromatic rings. The second kappa shape index (κ2) is 7.67. The number of para-hydroxylation sites is 1. The number of hydrogen-bond donors (Lipinski definition) is 1. The van der Waals surface area contributed by atoms with Crippen molar-refractivity contribution < 1.29 is 14.3 Å². The summed E-state index contributed by atoms with van der Waals surface area (Å²) in [7, 11) is 3.11. The summed E-state index contributed by atoms with van der Waals surface area (Å²) in [5.41, 5.74) is 2.21. The fraction of sp³-hybridized carbons (Fsp3) is 0.190. The lowest BCUT2D eigenvalue weighted by atomic mass is 10.2. The fourth-order valence-corrected chi connectivity index (χ4v) is 3.42. The Bertz CT molecular complexity index is 1260. The van der Waals surface area contributed by atoms with E-state index in [-0.39, 0.29) is 24.6 Å². The molecule has 0 spiro atoms. The molecule has 1 aromatic carbocycles. The van der Waals surface area contributed by atoms with Crippen LogP contribution in [0.25, 0.3) is 16.7 Å². The Morgan fingerprint density at radius 1 is 1.07 bits per heavy atom. The lowest BCUT2D eigenvalue weighted by Gasteiger charge is -2.14. The van der Waals surface area contributed by atoms with Gasteiger partial charge >= 0.3 is 0 Å². The Kier molecular flexibility index (Phi) is 4.90. The highest BCUT2D eigenvalue weighted by Crippen LogP contribution is 2.30. The van der Waals surface area contributed by atoms with Crippen molar-refractivity contribution in [1.29, 1.82) is 0 Å². The summed E-state index contributed by atoms with van der Waals surface area (Å²) in [5, 5.41) is 2.84. The summed E-state index contributed by atoms with van der Waals surface area (Å²) in [6.45, 7) is 0.104. The Morgan fingerprint density at radius 3 is 2.69 bits per heavy atom. The predicted octanol–water partition coefficient (Wildman–Crippen LogP) is 1.98. The summed E-state index contributed by atoms with van der Waals surface area (Å²) < 4.78 is 13.8. The van der Waals surface area contributed by atoms with Gasteiger partial charge in [0, 0.05) is 24.5 Å². The van der Waals surface area contributed by atoms with Crippen LogP contribution in [0.3, 0.4) is 0 Å². The number of rotatable bonds is 6. The van der Waals surface area contributed by atoms with Crippen molar-refractivity contribution in [3.8, 4) is 11.5 Å². The normalized spacial score (nSPS) is 11.0. The van der Waals surface area contributed by atoms with E-state index in [1.54, 1.807) is 55.3 Å². The average Bonchev–Trinajstić information content (AvgIpc) is 3.25. The standard InChI is InChI=1S/C21H20N4O4/c1-28-17-9-3-6-14(19(17)29-2)12-23-18(26)13-25-20-15(7-4-10-22-20)24-11-5-8-16(24)21(25)27/h3-11H,12-13H2,1-2H3,(H,23,26). The fourth-order valence-electron chi connectivity index (χ4n) is 3.42. The molecule has 148 valence electrons. The van der Waals surface area contributed by atoms with Gasteiger partial charge in [0.15, 0.2) is 17.1 Å². The van der Waals surface area contributed by atoms with Gasteiger partial charge in [0.05, 0.1) is 19.7 Å². The summed E-state index contributed by atoms with van der Waals surface area (Å²) in [6.07, 6.45) is 3.41. The van der Waals surface area contributed by atoms with Crippen LogP contribution in [0.15, 0.2) is 59.7 Å². The van der Waals surface area contributed by atoms with E-state index in [2.05, 4.69) is 10.3 Å². The number of amides is 1. The monoisotopic (exact) mass is 392 g/mol. The maximum Gasteiger partial charge on any atom is 0.276 e. The number of carbonyl (C=O) groups is 1. The number of carbonyl (C=O) groups excluding carboxylic acids is 1. The number of methoxy groups -OCH3 is 2. The second-order valence-electron chi connectivity index (χ2n) is 6.43. The molecule has 8 heteroatoms. The molecule has 0 saturated heterocycles. The SMILES string of the molecule is COc1cccc(CNC(=O)Cn2c(=O)c3cccn3c3cccnc32)c1OC. The zero-order valence-corrected chi connectivity index (χ0v) is 16.1. The van der Waals surface area contributed by atoms with Crippen LogP contribution in [0, 0.1) is 0 Å². The van der Waals surface area contributed by atoms with Crippen LogP contribution < -0.4 is 20.3 Å². The first-order valence-electron chi connectivity index (χ1n) is 9.05. The summed E-state index contributed by atoms with van der Waals surface area (Å²) in [6, 6.07) is 12.6. The summed E-state index contributed by atoms with van der Waals surface area (Å²) in [5.74, 6) is 0.846. The van der Waals surface area contributed by atoms with E-state index in [4.69, 9.17) is 9.47 Å². The Hall–Kier alpha value is -3.81. The van der Waals surface area contributed by atoms with E-state index in [1.807, 2.05) is 18.2 Å². The molecule has 0 aliphatic carbocycles. The number of fused-ring (bicyclic) bond motifs is 3. The van der Waals surface area contributed by atoms with Crippen molar-refractivity contribution in [2.75, 3.05) is 14.2 Å². The van der Waals surface area contributed by atoms with Crippen LogP contribution in [-0.4, -0.2) is 34.1 Å². The number of ether oxygens (including phenoxy) is 2. The highest BCUT2D eigenvalue weighted by molar-refractivity contribution is 5.80. The van der Waals surface area contributed by atoms with Crippen LogP contribution in [0.1, 0.15) is 5.56 Å². The third kappa shape index (κ3) is 3.29. The topological polar surface area (TPSA) is 86.9 Å². The number of aromatic nitrogens is 3. The minimum Gasteiger partial charge on any atom is -0.493 e. The molecule has 1 N–H and O–H groups in total. The van der Waals surface area contributed by atoms with E-state index < -0.39 is 0 Å². The van der Waals surface area contributed by atoms with Gasteiger partial charge in [0.25, 0.3) is 5.56 Å². The number of pyridine rings is 1. The second-order valence-corrected chi connectivity index (χ2v) is 6.43. The van der Waals surface area contributed by atoms with E-state index >= 15 is 0 Å².